The van der Waals surface area contributed by atoms with Crippen molar-refractivity contribution < 1.29 is 14.7 Å². The van der Waals surface area contributed by atoms with E-state index in [9.17, 15) is 14.7 Å². The van der Waals surface area contributed by atoms with Crippen molar-refractivity contribution in [1.29, 1.82) is 0 Å². The molecule has 232 valence electrons. The number of aryl methyl sites for hydroxylation is 1. The monoisotopic (exact) mass is 603 g/mol. The number of hydrogen-bond donors (Lipinski definition) is 3. The van der Waals surface area contributed by atoms with Crippen LogP contribution in [0.15, 0.2) is 91.1 Å². The quantitative estimate of drug-likeness (QED) is 0.150. The Balaban J connectivity index is 1.20. The van der Waals surface area contributed by atoms with Gasteiger partial charge in [-0.15, -0.1) is 0 Å². The van der Waals surface area contributed by atoms with Crippen molar-refractivity contribution in [2.75, 3.05) is 0 Å². The van der Waals surface area contributed by atoms with Crippen LogP contribution in [0, 0.1) is 0 Å². The lowest BCUT2D eigenvalue weighted by Gasteiger charge is -2.19. The van der Waals surface area contributed by atoms with E-state index in [0.717, 1.165) is 58.4 Å². The highest BCUT2D eigenvalue weighted by atomic mass is 16.3. The second-order valence-corrected chi connectivity index (χ2v) is 12.6. The summed E-state index contributed by atoms with van der Waals surface area (Å²) in [5.41, 5.74) is 11.8. The summed E-state index contributed by atoms with van der Waals surface area (Å²) in [6.07, 6.45) is 5.52. The molecule has 45 heavy (non-hydrogen) atoms. The summed E-state index contributed by atoms with van der Waals surface area (Å²) in [4.78, 5) is 29.6. The van der Waals surface area contributed by atoms with Gasteiger partial charge in [-0.05, 0) is 84.0 Å². The highest BCUT2D eigenvalue weighted by Crippen LogP contribution is 2.27. The van der Waals surface area contributed by atoms with Gasteiger partial charge in [0.1, 0.15) is 11.4 Å². The maximum atomic E-state index is 12.4. The highest BCUT2D eigenvalue weighted by Gasteiger charge is 2.18. The summed E-state index contributed by atoms with van der Waals surface area (Å²) < 4.78 is 2.00. The van der Waals surface area contributed by atoms with Crippen LogP contribution < -0.4 is 11.1 Å². The van der Waals surface area contributed by atoms with Crippen LogP contribution in [0.1, 0.15) is 63.3 Å². The largest absolute Gasteiger partial charge is 0.508 e. The minimum atomic E-state index is -0.845. The van der Waals surface area contributed by atoms with Gasteiger partial charge in [0.2, 0.25) is 11.8 Å². The Labute approximate surface area is 264 Å². The molecule has 2 amide bonds. The van der Waals surface area contributed by atoms with Crippen LogP contribution in [-0.4, -0.2) is 37.7 Å². The van der Waals surface area contributed by atoms with Gasteiger partial charge in [0.15, 0.2) is 0 Å². The van der Waals surface area contributed by atoms with E-state index in [1.165, 1.54) is 5.56 Å². The predicted molar refractivity (Wildman–Crippen MR) is 178 cm³/mol. The number of amides is 2. The summed E-state index contributed by atoms with van der Waals surface area (Å²) in [6, 6.07) is 26.5. The first kappa shape index (κ1) is 31.6. The third kappa shape index (κ3) is 8.22. The first-order chi connectivity index (χ1) is 21.6. The number of phenols is 1. The molecule has 0 saturated heterocycles. The van der Waals surface area contributed by atoms with Gasteiger partial charge in [-0.1, -0.05) is 75.7 Å². The normalized spacial score (nSPS) is 12.3. The van der Waals surface area contributed by atoms with Crippen LogP contribution >= 0.6 is 0 Å². The van der Waals surface area contributed by atoms with E-state index in [1.54, 1.807) is 24.3 Å². The third-order valence-electron chi connectivity index (χ3n) is 7.98. The number of fused-ring (bicyclic) bond motifs is 1. The molecule has 1 atom stereocenters. The highest BCUT2D eigenvalue weighted by molar-refractivity contribution is 5.97. The number of nitrogens with two attached hydrogens (primary N) is 1. The molecule has 3 aromatic carbocycles. The molecule has 5 aromatic rings. The Morgan fingerprint density at radius 3 is 2.31 bits per heavy atom. The fourth-order valence-corrected chi connectivity index (χ4v) is 5.31. The molecular formula is C37H41N5O3. The first-order valence-electron chi connectivity index (χ1n) is 15.5. The van der Waals surface area contributed by atoms with Gasteiger partial charge in [-0.2, -0.15) is 5.10 Å². The molecule has 0 spiro atoms. The Morgan fingerprint density at radius 1 is 0.889 bits per heavy atom. The molecule has 8 nitrogen and oxygen atoms in total. The summed E-state index contributed by atoms with van der Waals surface area (Å²) in [7, 11) is 0. The number of rotatable bonds is 11. The first-order valence-corrected chi connectivity index (χ1v) is 15.5. The minimum absolute atomic E-state index is 0.0559. The van der Waals surface area contributed by atoms with Gasteiger partial charge in [0, 0.05) is 23.7 Å². The van der Waals surface area contributed by atoms with Gasteiger partial charge in [0.25, 0.3) is 0 Å². The number of unbranched alkanes of at least 4 members (excludes halogenated alkanes) is 2. The number of imide groups is 1. The van der Waals surface area contributed by atoms with Crippen molar-refractivity contribution in [2.45, 2.75) is 70.8 Å². The number of carbonyl (C=O) groups excluding carboxylic acids is 2. The second kappa shape index (κ2) is 13.9. The van der Waals surface area contributed by atoms with Crippen molar-refractivity contribution in [2.24, 2.45) is 5.73 Å². The molecule has 5 rings (SSSR count). The number of hydrogen-bond acceptors (Lipinski definition) is 6. The van der Waals surface area contributed by atoms with Crippen molar-refractivity contribution in [3.8, 4) is 22.8 Å². The molecule has 8 heteroatoms. The number of phenolic OH excluding ortho intramolecular Hbond substituents is 1. The van der Waals surface area contributed by atoms with Crippen LogP contribution in [0.25, 0.3) is 27.8 Å². The number of aromatic hydroxyl groups is 1. The standard InChI is InChI=1S/C37H41N5O3/c1-37(2,3)28-15-17-29(18-16-28)42-30(23-34(41-42)33-22-26-9-7-8-10-27(26)24-39-33)11-5-4-6-12-35(44)40-36(45)32(38)21-25-13-19-31(43)20-14-25/h7-10,13-20,22-24,32,43H,4-6,11-12,21,38H2,1-3H3,(H,40,44,45)/t32-/m0/s1. The van der Waals surface area contributed by atoms with E-state index >= 15 is 0 Å². The number of aromatic nitrogens is 3. The van der Waals surface area contributed by atoms with E-state index in [1.807, 2.05) is 23.0 Å². The molecule has 0 aliphatic heterocycles. The van der Waals surface area contributed by atoms with Gasteiger partial charge < -0.3 is 10.8 Å². The van der Waals surface area contributed by atoms with Crippen molar-refractivity contribution in [1.82, 2.24) is 20.1 Å². The molecule has 0 aliphatic rings. The van der Waals surface area contributed by atoms with Crippen molar-refractivity contribution >= 4 is 22.6 Å². The lowest BCUT2D eigenvalue weighted by molar-refractivity contribution is -0.131. The average molecular weight is 604 g/mol. The SMILES string of the molecule is CC(C)(C)c1ccc(-n2nc(-c3cc4ccccc4cn3)cc2CCCCCC(=O)NC(=O)[C@@H](N)Cc2ccc(O)cc2)cc1. The molecule has 0 fully saturated rings. The van der Waals surface area contributed by atoms with Crippen LogP contribution in [-0.2, 0) is 27.8 Å². The van der Waals surface area contributed by atoms with Gasteiger partial charge >= 0.3 is 0 Å². The van der Waals surface area contributed by atoms with Gasteiger partial charge in [0.05, 0.1) is 17.4 Å². The molecule has 0 bridgehead atoms. The number of carbonyl (C=O) groups is 2. The zero-order chi connectivity index (χ0) is 32.0. The zero-order valence-electron chi connectivity index (χ0n) is 26.2. The van der Waals surface area contributed by atoms with Crippen LogP contribution in [0.3, 0.4) is 0 Å². The lowest BCUT2D eigenvalue weighted by atomic mass is 9.87. The number of pyridine rings is 1. The molecule has 0 radical (unpaired) electrons. The maximum absolute atomic E-state index is 12.4. The van der Waals surface area contributed by atoms with Crippen LogP contribution in [0.2, 0.25) is 0 Å². The van der Waals surface area contributed by atoms with Crippen LogP contribution in [0.4, 0.5) is 0 Å². The summed E-state index contributed by atoms with van der Waals surface area (Å²) >= 11 is 0. The minimum Gasteiger partial charge on any atom is -0.508 e. The lowest BCUT2D eigenvalue weighted by Crippen LogP contribution is -2.44. The second-order valence-electron chi connectivity index (χ2n) is 12.6. The summed E-state index contributed by atoms with van der Waals surface area (Å²) in [6.45, 7) is 6.60. The molecule has 0 unspecified atom stereocenters. The number of benzene rings is 3. The summed E-state index contributed by atoms with van der Waals surface area (Å²) in [5, 5.41) is 19.0. The molecule has 2 heterocycles. The number of nitrogens with zero attached hydrogens (tertiary/aromatic N) is 3. The Bertz CT molecular complexity index is 1770. The molecular weight excluding hydrogens is 562 g/mol. The Kier molecular flexibility index (Phi) is 9.74. The molecule has 2 aromatic heterocycles. The molecule has 0 saturated carbocycles. The van der Waals surface area contributed by atoms with E-state index in [4.69, 9.17) is 15.8 Å². The molecule has 0 aliphatic carbocycles. The van der Waals surface area contributed by atoms with E-state index in [2.05, 4.69) is 74.6 Å². The maximum Gasteiger partial charge on any atom is 0.243 e. The smallest absolute Gasteiger partial charge is 0.243 e. The van der Waals surface area contributed by atoms with Gasteiger partial charge in [-0.25, -0.2) is 4.68 Å². The van der Waals surface area contributed by atoms with Crippen molar-refractivity contribution in [3.63, 3.8) is 0 Å². The van der Waals surface area contributed by atoms with Crippen molar-refractivity contribution in [3.05, 3.63) is 108 Å². The van der Waals surface area contributed by atoms with Gasteiger partial charge in [-0.3, -0.25) is 19.9 Å². The predicted octanol–water partition coefficient (Wildman–Crippen LogP) is 6.41. The fourth-order valence-electron chi connectivity index (χ4n) is 5.31. The topological polar surface area (TPSA) is 123 Å². The Morgan fingerprint density at radius 2 is 1.60 bits per heavy atom. The Hall–Kier alpha value is -4.82. The zero-order valence-corrected chi connectivity index (χ0v) is 26.2. The van der Waals surface area contributed by atoms with E-state index in [0.29, 0.717) is 6.42 Å². The van der Waals surface area contributed by atoms with Crippen LogP contribution in [0.5, 0.6) is 5.75 Å². The van der Waals surface area contributed by atoms with E-state index < -0.39 is 11.9 Å². The third-order valence-corrected chi connectivity index (χ3v) is 7.98. The fraction of sp³-hybridized carbons (Fsp3) is 0.297. The average Bonchev–Trinajstić information content (AvgIpc) is 3.45. The summed E-state index contributed by atoms with van der Waals surface area (Å²) in [5.74, 6) is -0.673. The molecule has 4 N–H and O–H groups in total. The number of nitrogens with one attached hydrogen (secondary N) is 1. The van der Waals surface area contributed by atoms with E-state index in [-0.39, 0.29) is 29.9 Å².